The van der Waals surface area contributed by atoms with Gasteiger partial charge in [-0.05, 0) is 36.1 Å². The normalized spacial score (nSPS) is 17.1. The fourth-order valence-electron chi connectivity index (χ4n) is 2.60. The van der Waals surface area contributed by atoms with Gasteiger partial charge in [-0.15, -0.1) is 0 Å². The van der Waals surface area contributed by atoms with Crippen molar-refractivity contribution >= 4 is 5.91 Å². The third-order valence-electron chi connectivity index (χ3n) is 3.67. The summed E-state index contributed by atoms with van der Waals surface area (Å²) in [7, 11) is 0. The van der Waals surface area contributed by atoms with Crippen molar-refractivity contribution in [1.29, 1.82) is 0 Å². The molecule has 1 heterocycles. The summed E-state index contributed by atoms with van der Waals surface area (Å²) >= 11 is 0. The van der Waals surface area contributed by atoms with Crippen molar-refractivity contribution in [3.63, 3.8) is 0 Å². The first-order valence-electron chi connectivity index (χ1n) is 7.01. The molecule has 20 heavy (non-hydrogen) atoms. The van der Waals surface area contributed by atoms with Gasteiger partial charge in [-0.1, -0.05) is 18.2 Å². The van der Waals surface area contributed by atoms with Gasteiger partial charge in [0.25, 0.3) is 0 Å². The molecule has 110 valence electrons. The van der Waals surface area contributed by atoms with Crippen molar-refractivity contribution in [2.45, 2.75) is 38.5 Å². The highest BCUT2D eigenvalue weighted by Gasteiger charge is 2.23. The van der Waals surface area contributed by atoms with E-state index < -0.39 is 12.2 Å². The van der Waals surface area contributed by atoms with E-state index in [4.69, 9.17) is 0 Å². The number of hydrogen-bond donors (Lipinski definition) is 4. The second-order valence-corrected chi connectivity index (χ2v) is 5.20. The Morgan fingerprint density at radius 2 is 2.25 bits per heavy atom. The minimum absolute atomic E-state index is 0.130. The van der Waals surface area contributed by atoms with Gasteiger partial charge in [-0.25, -0.2) is 0 Å². The molecular formula is C15H22N2O3. The molecule has 5 heteroatoms. The van der Waals surface area contributed by atoms with Crippen LogP contribution in [0.4, 0.5) is 0 Å². The minimum atomic E-state index is -0.906. The highest BCUT2D eigenvalue weighted by molar-refractivity contribution is 5.72. The number of hydrogen-bond acceptors (Lipinski definition) is 4. The molecule has 0 bridgehead atoms. The fraction of sp³-hybridized carbons (Fsp3) is 0.533. The summed E-state index contributed by atoms with van der Waals surface area (Å²) in [5, 5.41) is 26.3. The smallest absolute Gasteiger partial charge is 0.216 e. The number of aliphatic hydroxyl groups is 2. The van der Waals surface area contributed by atoms with Crippen LogP contribution < -0.4 is 10.6 Å². The third kappa shape index (κ3) is 3.56. The summed E-state index contributed by atoms with van der Waals surface area (Å²) in [6, 6.07) is 5.82. The quantitative estimate of drug-likeness (QED) is 0.622. The Labute approximate surface area is 119 Å². The maximum absolute atomic E-state index is 10.8. The van der Waals surface area contributed by atoms with Crippen molar-refractivity contribution in [3.05, 3.63) is 34.9 Å². The number of benzene rings is 1. The molecule has 1 amide bonds. The molecule has 2 rings (SSSR count). The SMILES string of the molecule is CC(=O)NCCC(O)C(O)c1cccc2c1CCNC2. The van der Waals surface area contributed by atoms with E-state index in [1.807, 2.05) is 18.2 Å². The standard InChI is InChI=1S/C15H22N2O3/c1-10(18)17-8-6-14(19)15(20)13-4-2-3-11-9-16-7-5-12(11)13/h2-4,14-16,19-20H,5-9H2,1H3,(H,17,18). The van der Waals surface area contributed by atoms with E-state index >= 15 is 0 Å². The second kappa shape index (κ2) is 6.83. The number of carbonyl (C=O) groups excluding carboxylic acids is 1. The topological polar surface area (TPSA) is 81.6 Å². The minimum Gasteiger partial charge on any atom is -0.390 e. The molecule has 1 aromatic carbocycles. The van der Waals surface area contributed by atoms with Gasteiger partial charge in [0.2, 0.25) is 5.91 Å². The van der Waals surface area contributed by atoms with Crippen LogP contribution >= 0.6 is 0 Å². The van der Waals surface area contributed by atoms with Crippen molar-refractivity contribution in [1.82, 2.24) is 10.6 Å². The van der Waals surface area contributed by atoms with Crippen LogP contribution in [-0.4, -0.2) is 35.3 Å². The summed E-state index contributed by atoms with van der Waals surface area (Å²) in [6.45, 7) is 3.49. The zero-order valence-corrected chi connectivity index (χ0v) is 11.7. The zero-order valence-electron chi connectivity index (χ0n) is 11.7. The lowest BCUT2D eigenvalue weighted by Crippen LogP contribution is -2.30. The van der Waals surface area contributed by atoms with Gasteiger partial charge in [-0.2, -0.15) is 0 Å². The van der Waals surface area contributed by atoms with Crippen molar-refractivity contribution in [2.75, 3.05) is 13.1 Å². The lowest BCUT2D eigenvalue weighted by atomic mass is 9.90. The van der Waals surface area contributed by atoms with Crippen LogP contribution in [-0.2, 0) is 17.8 Å². The van der Waals surface area contributed by atoms with Gasteiger partial charge in [0.05, 0.1) is 6.10 Å². The summed E-state index contributed by atoms with van der Waals surface area (Å²) in [4.78, 5) is 10.8. The highest BCUT2D eigenvalue weighted by Crippen LogP contribution is 2.27. The van der Waals surface area contributed by atoms with Gasteiger partial charge in [0.15, 0.2) is 0 Å². The first-order chi connectivity index (χ1) is 9.59. The molecule has 2 unspecified atom stereocenters. The summed E-state index contributed by atoms with van der Waals surface area (Å²) in [5.41, 5.74) is 3.12. The maximum Gasteiger partial charge on any atom is 0.216 e. The molecule has 0 saturated heterocycles. The number of aliphatic hydroxyl groups excluding tert-OH is 2. The van der Waals surface area contributed by atoms with Gasteiger partial charge < -0.3 is 20.8 Å². The average Bonchev–Trinajstić information content (AvgIpc) is 2.45. The molecular weight excluding hydrogens is 256 g/mol. The Hall–Kier alpha value is -1.43. The van der Waals surface area contributed by atoms with Crippen molar-refractivity contribution in [2.24, 2.45) is 0 Å². The van der Waals surface area contributed by atoms with E-state index in [0.29, 0.717) is 13.0 Å². The second-order valence-electron chi connectivity index (χ2n) is 5.20. The lowest BCUT2D eigenvalue weighted by Gasteiger charge is -2.25. The summed E-state index contributed by atoms with van der Waals surface area (Å²) < 4.78 is 0. The highest BCUT2D eigenvalue weighted by atomic mass is 16.3. The predicted molar refractivity (Wildman–Crippen MR) is 76.1 cm³/mol. The van der Waals surface area contributed by atoms with E-state index in [0.717, 1.165) is 30.6 Å². The molecule has 2 atom stereocenters. The van der Waals surface area contributed by atoms with E-state index in [1.54, 1.807) is 0 Å². The summed E-state index contributed by atoms with van der Waals surface area (Å²) in [5.74, 6) is -0.130. The molecule has 0 fully saturated rings. The maximum atomic E-state index is 10.8. The number of amides is 1. The Kier molecular flexibility index (Phi) is 5.11. The molecule has 1 aromatic rings. The molecule has 0 spiro atoms. The Balaban J connectivity index is 2.04. The van der Waals surface area contributed by atoms with E-state index in [9.17, 15) is 15.0 Å². The molecule has 1 aliphatic heterocycles. The fourth-order valence-corrected chi connectivity index (χ4v) is 2.60. The number of nitrogens with one attached hydrogen (secondary N) is 2. The molecule has 0 aliphatic carbocycles. The molecule has 0 radical (unpaired) electrons. The predicted octanol–water partition coefficient (Wildman–Crippen LogP) is 0.253. The van der Waals surface area contributed by atoms with Crippen LogP contribution in [0.25, 0.3) is 0 Å². The largest absolute Gasteiger partial charge is 0.390 e. The first-order valence-corrected chi connectivity index (χ1v) is 7.01. The molecule has 1 aliphatic rings. The van der Waals surface area contributed by atoms with Crippen molar-refractivity contribution in [3.8, 4) is 0 Å². The number of rotatable bonds is 5. The van der Waals surface area contributed by atoms with E-state index in [2.05, 4.69) is 10.6 Å². The molecule has 5 nitrogen and oxygen atoms in total. The van der Waals surface area contributed by atoms with Gasteiger partial charge in [0, 0.05) is 20.0 Å². The summed E-state index contributed by atoms with van der Waals surface area (Å²) in [6.07, 6.45) is -0.580. The average molecular weight is 278 g/mol. The van der Waals surface area contributed by atoms with Gasteiger partial charge in [-0.3, -0.25) is 4.79 Å². The Bertz CT molecular complexity index is 476. The van der Waals surface area contributed by atoms with Crippen molar-refractivity contribution < 1.29 is 15.0 Å². The van der Waals surface area contributed by atoms with Crippen LogP contribution in [0.2, 0.25) is 0 Å². The van der Waals surface area contributed by atoms with E-state index in [1.165, 1.54) is 12.5 Å². The molecule has 0 aromatic heterocycles. The Morgan fingerprint density at radius 1 is 1.45 bits per heavy atom. The number of fused-ring (bicyclic) bond motifs is 1. The van der Waals surface area contributed by atoms with E-state index in [-0.39, 0.29) is 5.91 Å². The Morgan fingerprint density at radius 3 is 3.00 bits per heavy atom. The van der Waals surface area contributed by atoms with Gasteiger partial charge >= 0.3 is 0 Å². The molecule has 4 N–H and O–H groups in total. The number of carbonyl (C=O) groups is 1. The zero-order chi connectivity index (χ0) is 14.5. The first kappa shape index (κ1) is 15.0. The van der Waals surface area contributed by atoms with Crippen LogP contribution in [0, 0.1) is 0 Å². The lowest BCUT2D eigenvalue weighted by molar-refractivity contribution is -0.119. The van der Waals surface area contributed by atoms with Gasteiger partial charge in [0.1, 0.15) is 6.10 Å². The molecule has 0 saturated carbocycles. The third-order valence-corrected chi connectivity index (χ3v) is 3.67. The van der Waals surface area contributed by atoms with Crippen LogP contribution in [0.1, 0.15) is 36.1 Å². The van der Waals surface area contributed by atoms with Crippen LogP contribution in [0.15, 0.2) is 18.2 Å². The van der Waals surface area contributed by atoms with Crippen LogP contribution in [0.5, 0.6) is 0 Å². The van der Waals surface area contributed by atoms with Crippen LogP contribution in [0.3, 0.4) is 0 Å². The monoisotopic (exact) mass is 278 g/mol.